The van der Waals surface area contributed by atoms with E-state index in [1.54, 1.807) is 7.11 Å². The van der Waals surface area contributed by atoms with Crippen LogP contribution in [0.3, 0.4) is 0 Å². The molecular weight excluding hydrogens is 344 g/mol. The SMILES string of the molecule is COc1cccc(-c2cc(CC3(O)CCN(C[C@H]4CCOC4)CC3)on2)c1. The first kappa shape index (κ1) is 18.5. The summed E-state index contributed by atoms with van der Waals surface area (Å²) in [6, 6.07) is 9.67. The van der Waals surface area contributed by atoms with Crippen LogP contribution in [0.5, 0.6) is 5.75 Å². The Bertz CT molecular complexity index is 746. The van der Waals surface area contributed by atoms with Gasteiger partial charge in [0.15, 0.2) is 0 Å². The van der Waals surface area contributed by atoms with Crippen LogP contribution in [-0.2, 0) is 11.2 Å². The molecule has 6 nitrogen and oxygen atoms in total. The number of rotatable bonds is 6. The van der Waals surface area contributed by atoms with E-state index in [-0.39, 0.29) is 0 Å². The van der Waals surface area contributed by atoms with Gasteiger partial charge in [-0.1, -0.05) is 17.3 Å². The second kappa shape index (κ2) is 8.00. The molecular formula is C21H28N2O4. The molecule has 1 aromatic heterocycles. The second-order valence-electron chi connectivity index (χ2n) is 7.84. The number of benzene rings is 1. The third kappa shape index (κ3) is 4.51. The van der Waals surface area contributed by atoms with Gasteiger partial charge in [0, 0.05) is 44.3 Å². The Morgan fingerprint density at radius 3 is 2.89 bits per heavy atom. The topological polar surface area (TPSA) is 68.0 Å². The molecule has 2 aliphatic heterocycles. The van der Waals surface area contributed by atoms with Crippen LogP contribution in [0.1, 0.15) is 25.0 Å². The highest BCUT2D eigenvalue weighted by molar-refractivity contribution is 5.60. The lowest BCUT2D eigenvalue weighted by atomic mass is 9.87. The predicted molar refractivity (Wildman–Crippen MR) is 102 cm³/mol. The molecule has 3 heterocycles. The molecule has 0 bridgehead atoms. The van der Waals surface area contributed by atoms with Crippen LogP contribution in [-0.4, -0.2) is 60.7 Å². The van der Waals surface area contributed by atoms with E-state index < -0.39 is 5.60 Å². The third-order valence-corrected chi connectivity index (χ3v) is 5.75. The summed E-state index contributed by atoms with van der Waals surface area (Å²) in [7, 11) is 1.65. The quantitative estimate of drug-likeness (QED) is 0.841. The average Bonchev–Trinajstić information content (AvgIpc) is 3.36. The summed E-state index contributed by atoms with van der Waals surface area (Å²) in [5.41, 5.74) is 1.00. The molecule has 1 aromatic carbocycles. The Morgan fingerprint density at radius 2 is 2.15 bits per heavy atom. The molecule has 0 radical (unpaired) electrons. The smallest absolute Gasteiger partial charge is 0.140 e. The summed E-state index contributed by atoms with van der Waals surface area (Å²) in [6.45, 7) is 4.70. The van der Waals surface area contributed by atoms with Crippen molar-refractivity contribution in [2.75, 3.05) is 40.0 Å². The number of aromatic nitrogens is 1. The lowest BCUT2D eigenvalue weighted by Gasteiger charge is -2.38. The van der Waals surface area contributed by atoms with Crippen molar-refractivity contribution >= 4 is 0 Å². The maximum Gasteiger partial charge on any atom is 0.140 e. The maximum absolute atomic E-state index is 11.0. The van der Waals surface area contributed by atoms with Gasteiger partial charge in [-0.3, -0.25) is 0 Å². The number of methoxy groups -OCH3 is 1. The van der Waals surface area contributed by atoms with Gasteiger partial charge in [-0.25, -0.2) is 0 Å². The number of aliphatic hydroxyl groups is 1. The zero-order chi connectivity index (χ0) is 18.7. The molecule has 0 spiro atoms. The average molecular weight is 372 g/mol. The Kier molecular flexibility index (Phi) is 5.48. The molecule has 2 aromatic rings. The molecule has 0 unspecified atom stereocenters. The van der Waals surface area contributed by atoms with Gasteiger partial charge in [-0.05, 0) is 37.3 Å². The Hall–Kier alpha value is -1.89. The van der Waals surface area contributed by atoms with Crippen LogP contribution in [0.15, 0.2) is 34.9 Å². The lowest BCUT2D eigenvalue weighted by Crippen LogP contribution is -2.46. The zero-order valence-electron chi connectivity index (χ0n) is 15.9. The van der Waals surface area contributed by atoms with Gasteiger partial charge < -0.3 is 24.0 Å². The molecule has 1 atom stereocenters. The Morgan fingerprint density at radius 1 is 1.30 bits per heavy atom. The standard InChI is InChI=1S/C21H28N2O4/c1-25-18-4-2-3-17(11-18)20-12-19(27-22-20)13-21(24)6-8-23(9-7-21)14-16-5-10-26-15-16/h2-4,11-12,16,24H,5-10,13-15H2,1H3/t16-/m1/s1. The van der Waals surface area contributed by atoms with Crippen molar-refractivity contribution in [1.82, 2.24) is 10.1 Å². The predicted octanol–water partition coefficient (Wildman–Crippen LogP) is 2.76. The second-order valence-corrected chi connectivity index (χ2v) is 7.84. The molecule has 0 amide bonds. The van der Waals surface area contributed by atoms with E-state index in [9.17, 15) is 5.11 Å². The van der Waals surface area contributed by atoms with Crippen molar-refractivity contribution in [3.05, 3.63) is 36.1 Å². The lowest BCUT2D eigenvalue weighted by molar-refractivity contribution is -0.0277. The summed E-state index contributed by atoms with van der Waals surface area (Å²) in [6.07, 6.45) is 3.18. The maximum atomic E-state index is 11.0. The minimum Gasteiger partial charge on any atom is -0.497 e. The molecule has 4 rings (SSSR count). The molecule has 2 saturated heterocycles. The van der Waals surface area contributed by atoms with E-state index in [0.29, 0.717) is 12.3 Å². The highest BCUT2D eigenvalue weighted by Crippen LogP contribution is 2.30. The molecule has 2 aliphatic rings. The molecule has 0 aliphatic carbocycles. The third-order valence-electron chi connectivity index (χ3n) is 5.75. The fourth-order valence-electron chi connectivity index (χ4n) is 4.06. The van der Waals surface area contributed by atoms with E-state index in [1.807, 2.05) is 30.3 Å². The fourth-order valence-corrected chi connectivity index (χ4v) is 4.06. The highest BCUT2D eigenvalue weighted by atomic mass is 16.5. The van der Waals surface area contributed by atoms with Gasteiger partial charge >= 0.3 is 0 Å². The van der Waals surface area contributed by atoms with Gasteiger partial charge in [0.1, 0.15) is 17.2 Å². The first-order valence-electron chi connectivity index (χ1n) is 9.76. The fraction of sp³-hybridized carbons (Fsp3) is 0.571. The van der Waals surface area contributed by atoms with Gasteiger partial charge in [-0.15, -0.1) is 0 Å². The minimum absolute atomic E-state index is 0.504. The van der Waals surface area contributed by atoms with Crippen LogP contribution in [0.2, 0.25) is 0 Å². The van der Waals surface area contributed by atoms with Crippen molar-refractivity contribution in [3.8, 4) is 17.0 Å². The van der Waals surface area contributed by atoms with E-state index >= 15 is 0 Å². The van der Waals surface area contributed by atoms with E-state index in [0.717, 1.165) is 74.9 Å². The highest BCUT2D eigenvalue weighted by Gasteiger charge is 2.34. The van der Waals surface area contributed by atoms with Crippen LogP contribution in [0.4, 0.5) is 0 Å². The molecule has 27 heavy (non-hydrogen) atoms. The zero-order valence-corrected chi connectivity index (χ0v) is 15.9. The van der Waals surface area contributed by atoms with E-state index in [2.05, 4.69) is 10.1 Å². The van der Waals surface area contributed by atoms with Crippen molar-refractivity contribution in [3.63, 3.8) is 0 Å². The molecule has 1 N–H and O–H groups in total. The molecule has 2 fully saturated rings. The number of hydrogen-bond acceptors (Lipinski definition) is 6. The number of likely N-dealkylation sites (tertiary alicyclic amines) is 1. The molecule has 0 saturated carbocycles. The van der Waals surface area contributed by atoms with Crippen LogP contribution < -0.4 is 4.74 Å². The normalized spacial score (nSPS) is 22.8. The van der Waals surface area contributed by atoms with Crippen molar-refractivity contribution in [2.45, 2.75) is 31.3 Å². The summed E-state index contributed by atoms with van der Waals surface area (Å²) < 4.78 is 16.2. The van der Waals surface area contributed by atoms with Crippen molar-refractivity contribution in [1.29, 1.82) is 0 Å². The Labute approximate surface area is 160 Å². The van der Waals surface area contributed by atoms with Crippen LogP contribution in [0, 0.1) is 5.92 Å². The van der Waals surface area contributed by atoms with Crippen LogP contribution in [0.25, 0.3) is 11.3 Å². The van der Waals surface area contributed by atoms with Gasteiger partial charge in [0.25, 0.3) is 0 Å². The number of ether oxygens (including phenoxy) is 2. The molecule has 6 heteroatoms. The molecule has 146 valence electrons. The van der Waals surface area contributed by atoms with Crippen molar-refractivity contribution < 1.29 is 19.1 Å². The number of piperidine rings is 1. The van der Waals surface area contributed by atoms with Gasteiger partial charge in [0.05, 0.1) is 19.3 Å². The monoisotopic (exact) mass is 372 g/mol. The summed E-state index contributed by atoms with van der Waals surface area (Å²) in [4.78, 5) is 2.45. The summed E-state index contributed by atoms with van der Waals surface area (Å²) in [5, 5.41) is 15.2. The first-order valence-corrected chi connectivity index (χ1v) is 9.76. The number of hydrogen-bond donors (Lipinski definition) is 1. The number of nitrogens with zero attached hydrogens (tertiary/aromatic N) is 2. The van der Waals surface area contributed by atoms with E-state index in [1.165, 1.54) is 0 Å². The minimum atomic E-state index is -0.714. The van der Waals surface area contributed by atoms with Gasteiger partial charge in [0.2, 0.25) is 0 Å². The largest absolute Gasteiger partial charge is 0.497 e. The summed E-state index contributed by atoms with van der Waals surface area (Å²) in [5.74, 6) is 2.17. The van der Waals surface area contributed by atoms with Crippen LogP contribution >= 0.6 is 0 Å². The van der Waals surface area contributed by atoms with E-state index in [4.69, 9.17) is 14.0 Å². The Balaban J connectivity index is 1.34. The first-order chi connectivity index (χ1) is 13.1. The summed E-state index contributed by atoms with van der Waals surface area (Å²) >= 11 is 0. The van der Waals surface area contributed by atoms with Gasteiger partial charge in [-0.2, -0.15) is 0 Å². The van der Waals surface area contributed by atoms with Crippen molar-refractivity contribution in [2.24, 2.45) is 5.92 Å².